The summed E-state index contributed by atoms with van der Waals surface area (Å²) in [6.07, 6.45) is 2.52. The van der Waals surface area contributed by atoms with E-state index in [1.807, 2.05) is 6.07 Å². The number of aromatic nitrogens is 3. The molecule has 0 saturated carbocycles. The maximum atomic E-state index is 12.9. The lowest BCUT2D eigenvalue weighted by Gasteiger charge is -2.26. The highest BCUT2D eigenvalue weighted by Crippen LogP contribution is 2.14. The quantitative estimate of drug-likeness (QED) is 0.528. The van der Waals surface area contributed by atoms with Crippen molar-refractivity contribution in [3.05, 3.63) is 46.4 Å². The third-order valence-electron chi connectivity index (χ3n) is 4.94. The van der Waals surface area contributed by atoms with Gasteiger partial charge in [0.25, 0.3) is 11.2 Å². The molecule has 8 heteroatoms. The highest BCUT2D eigenvalue weighted by atomic mass is 16.5. The van der Waals surface area contributed by atoms with Gasteiger partial charge in [-0.3, -0.25) is 14.1 Å². The number of hydrogen-bond donors (Lipinski definition) is 1. The number of ether oxygens (including phenoxy) is 1. The molecule has 0 spiro atoms. The van der Waals surface area contributed by atoms with E-state index in [0.717, 1.165) is 39.3 Å². The van der Waals surface area contributed by atoms with Crippen molar-refractivity contribution in [2.24, 2.45) is 0 Å². The van der Waals surface area contributed by atoms with Crippen LogP contribution < -0.4 is 15.9 Å². The minimum Gasteiger partial charge on any atom is -0.379 e. The van der Waals surface area contributed by atoms with Crippen molar-refractivity contribution >= 4 is 22.5 Å². The summed E-state index contributed by atoms with van der Waals surface area (Å²) in [5.41, 5.74) is 7.40. The summed E-state index contributed by atoms with van der Waals surface area (Å²) in [6, 6.07) is 9.03. The largest absolute Gasteiger partial charge is 0.379 e. The highest BCUT2D eigenvalue weighted by molar-refractivity contribution is 5.76. The SMILES string of the molecule is N#Cc1cc2c(=O)n3ccccc3nc2[n+](CCCN2CCOCC2)c1N. The van der Waals surface area contributed by atoms with Crippen molar-refractivity contribution in [1.82, 2.24) is 14.3 Å². The molecule has 4 rings (SSSR count). The average Bonchev–Trinajstić information content (AvgIpc) is 2.71. The molecule has 1 fully saturated rings. The molecule has 0 atom stereocenters. The Balaban J connectivity index is 1.76. The smallest absolute Gasteiger partial charge is 0.278 e. The summed E-state index contributed by atoms with van der Waals surface area (Å²) >= 11 is 0. The van der Waals surface area contributed by atoms with Gasteiger partial charge >= 0.3 is 0 Å². The Labute approximate surface area is 156 Å². The molecule has 8 nitrogen and oxygen atoms in total. The second-order valence-electron chi connectivity index (χ2n) is 6.60. The molecule has 3 aromatic heterocycles. The lowest BCUT2D eigenvalue weighted by atomic mass is 10.2. The summed E-state index contributed by atoms with van der Waals surface area (Å²) in [6.45, 7) is 4.84. The van der Waals surface area contributed by atoms with Crippen LogP contribution in [0.2, 0.25) is 0 Å². The number of pyridine rings is 2. The Hall–Kier alpha value is -3.02. The molecule has 0 amide bonds. The maximum Gasteiger partial charge on any atom is 0.278 e. The summed E-state index contributed by atoms with van der Waals surface area (Å²) in [7, 11) is 0. The Morgan fingerprint density at radius 3 is 2.93 bits per heavy atom. The van der Waals surface area contributed by atoms with E-state index in [0.29, 0.717) is 34.6 Å². The van der Waals surface area contributed by atoms with Crippen LogP contribution in [0.4, 0.5) is 5.82 Å². The monoisotopic (exact) mass is 365 g/mol. The minimum absolute atomic E-state index is 0.200. The number of nitrogen functional groups attached to an aromatic ring is 1. The molecule has 1 saturated heterocycles. The highest BCUT2D eigenvalue weighted by Gasteiger charge is 2.21. The lowest BCUT2D eigenvalue weighted by Crippen LogP contribution is -2.43. The number of anilines is 1. The van der Waals surface area contributed by atoms with Crippen molar-refractivity contribution in [3.63, 3.8) is 0 Å². The molecule has 0 aromatic carbocycles. The molecule has 2 N–H and O–H groups in total. The van der Waals surface area contributed by atoms with Gasteiger partial charge in [-0.1, -0.05) is 11.1 Å². The van der Waals surface area contributed by atoms with Gasteiger partial charge in [0.05, 0.1) is 19.8 Å². The minimum atomic E-state index is -0.200. The summed E-state index contributed by atoms with van der Waals surface area (Å²) in [4.78, 5) is 19.9. The molecular weight excluding hydrogens is 344 g/mol. The van der Waals surface area contributed by atoms with Crippen LogP contribution in [0.3, 0.4) is 0 Å². The number of nitriles is 1. The number of rotatable bonds is 4. The van der Waals surface area contributed by atoms with Crippen LogP contribution in [0, 0.1) is 11.3 Å². The van der Waals surface area contributed by atoms with Crippen molar-refractivity contribution in [2.45, 2.75) is 13.0 Å². The third kappa shape index (κ3) is 3.23. The van der Waals surface area contributed by atoms with E-state index >= 15 is 0 Å². The third-order valence-corrected chi connectivity index (χ3v) is 4.94. The van der Waals surface area contributed by atoms with Crippen molar-refractivity contribution in [3.8, 4) is 6.07 Å². The van der Waals surface area contributed by atoms with Gasteiger partial charge in [-0.05, 0) is 24.6 Å². The first-order valence-electron chi connectivity index (χ1n) is 9.02. The molecule has 0 bridgehead atoms. The summed E-state index contributed by atoms with van der Waals surface area (Å²) in [5.74, 6) is 0.346. The standard InChI is InChI=1S/C19H20N6O2/c20-13-14-12-15-18(22-16-4-1-2-6-24(16)19(15)26)25(17(14)21)7-3-5-23-8-10-27-11-9-23/h1-2,4,6,12,21H,3,5,7-11H2/p+1. The molecule has 1 aliphatic rings. The van der Waals surface area contributed by atoms with E-state index in [-0.39, 0.29) is 5.56 Å². The Bertz CT molecular complexity index is 1100. The molecule has 3 aromatic rings. The molecule has 0 radical (unpaired) electrons. The predicted molar refractivity (Wildman–Crippen MR) is 100 cm³/mol. The Morgan fingerprint density at radius 1 is 1.33 bits per heavy atom. The molecule has 1 aliphatic heterocycles. The van der Waals surface area contributed by atoms with Crippen LogP contribution >= 0.6 is 0 Å². The van der Waals surface area contributed by atoms with Gasteiger partial charge in [-0.25, -0.2) is 4.57 Å². The second-order valence-corrected chi connectivity index (χ2v) is 6.60. The van der Waals surface area contributed by atoms with Gasteiger partial charge in [-0.2, -0.15) is 5.26 Å². The first kappa shape index (κ1) is 17.4. The van der Waals surface area contributed by atoms with Crippen LogP contribution in [0.15, 0.2) is 35.3 Å². The Kier molecular flexibility index (Phi) is 4.71. The van der Waals surface area contributed by atoms with Crippen molar-refractivity contribution < 1.29 is 9.30 Å². The number of nitrogens with zero attached hydrogens (tertiary/aromatic N) is 5. The molecule has 27 heavy (non-hydrogen) atoms. The number of aryl methyl sites for hydroxylation is 1. The molecule has 0 aliphatic carbocycles. The van der Waals surface area contributed by atoms with Gasteiger partial charge in [0.1, 0.15) is 17.0 Å². The summed E-state index contributed by atoms with van der Waals surface area (Å²) < 4.78 is 8.65. The van der Waals surface area contributed by atoms with Crippen LogP contribution in [0.1, 0.15) is 12.0 Å². The molecule has 0 unspecified atom stereocenters. The van der Waals surface area contributed by atoms with Gasteiger partial charge in [0.15, 0.2) is 0 Å². The van der Waals surface area contributed by atoms with Gasteiger partial charge < -0.3 is 10.5 Å². The van der Waals surface area contributed by atoms with Gasteiger partial charge in [0.2, 0.25) is 11.5 Å². The van der Waals surface area contributed by atoms with E-state index in [9.17, 15) is 10.1 Å². The normalized spacial score (nSPS) is 15.2. The first-order valence-corrected chi connectivity index (χ1v) is 9.02. The second kappa shape index (κ2) is 7.31. The number of hydrogen-bond acceptors (Lipinski definition) is 6. The van der Waals surface area contributed by atoms with E-state index in [4.69, 9.17) is 10.5 Å². The predicted octanol–water partition coefficient (Wildman–Crippen LogP) is 0.311. The fourth-order valence-electron chi connectivity index (χ4n) is 3.49. The number of nitrogens with two attached hydrogens (primary N) is 1. The van der Waals surface area contributed by atoms with E-state index < -0.39 is 0 Å². The van der Waals surface area contributed by atoms with Crippen LogP contribution in [0.5, 0.6) is 0 Å². The van der Waals surface area contributed by atoms with E-state index in [1.54, 1.807) is 22.9 Å². The van der Waals surface area contributed by atoms with Gasteiger partial charge in [0, 0.05) is 25.8 Å². The van der Waals surface area contributed by atoms with Gasteiger partial charge in [-0.15, -0.1) is 0 Å². The number of morpholine rings is 1. The maximum absolute atomic E-state index is 12.9. The summed E-state index contributed by atoms with van der Waals surface area (Å²) in [5, 5.41) is 9.84. The number of fused-ring (bicyclic) bond motifs is 2. The molecular formula is C19H21N6O2+. The fraction of sp³-hybridized carbons (Fsp3) is 0.368. The zero-order valence-corrected chi connectivity index (χ0v) is 15.0. The van der Waals surface area contributed by atoms with E-state index in [1.165, 1.54) is 10.5 Å². The molecule has 138 valence electrons. The average molecular weight is 365 g/mol. The Morgan fingerprint density at radius 2 is 2.15 bits per heavy atom. The molecule has 4 heterocycles. The van der Waals surface area contributed by atoms with E-state index in [2.05, 4.69) is 16.0 Å². The van der Waals surface area contributed by atoms with Crippen LogP contribution in [-0.2, 0) is 11.3 Å². The first-order chi connectivity index (χ1) is 13.2. The van der Waals surface area contributed by atoms with Crippen LogP contribution in [-0.4, -0.2) is 47.1 Å². The van der Waals surface area contributed by atoms with Crippen molar-refractivity contribution in [1.29, 1.82) is 5.26 Å². The topological polar surface area (TPSA) is 101 Å². The zero-order chi connectivity index (χ0) is 18.8. The van der Waals surface area contributed by atoms with Crippen molar-refractivity contribution in [2.75, 3.05) is 38.6 Å². The fourth-order valence-corrected chi connectivity index (χ4v) is 3.49. The zero-order valence-electron chi connectivity index (χ0n) is 15.0. The van der Waals surface area contributed by atoms with Crippen LogP contribution in [0.25, 0.3) is 16.7 Å². The lowest BCUT2D eigenvalue weighted by molar-refractivity contribution is -0.659.